The van der Waals surface area contributed by atoms with Gasteiger partial charge in [0.25, 0.3) is 17.5 Å². The lowest BCUT2D eigenvalue weighted by molar-refractivity contribution is -0.384. The zero-order valence-electron chi connectivity index (χ0n) is 14.2. The molecule has 0 aliphatic carbocycles. The Morgan fingerprint density at radius 2 is 1.69 bits per heavy atom. The van der Waals surface area contributed by atoms with Crippen molar-refractivity contribution < 1.29 is 19.2 Å². The number of non-ortho nitro benzene ring substituents is 1. The van der Waals surface area contributed by atoms with Gasteiger partial charge >= 0.3 is 0 Å². The summed E-state index contributed by atoms with van der Waals surface area (Å²) in [5.41, 5.74) is 4.70. The van der Waals surface area contributed by atoms with E-state index in [9.17, 15) is 19.7 Å². The number of hydrazine groups is 1. The summed E-state index contributed by atoms with van der Waals surface area (Å²) in [6, 6.07) is 11.7. The monoisotopic (exact) mass is 357 g/mol. The highest BCUT2D eigenvalue weighted by Crippen LogP contribution is 2.14. The third-order valence-electron chi connectivity index (χ3n) is 3.49. The van der Waals surface area contributed by atoms with E-state index in [0.29, 0.717) is 17.9 Å². The molecule has 0 unspecified atom stereocenters. The van der Waals surface area contributed by atoms with Crippen LogP contribution in [0.25, 0.3) is 0 Å². The number of hydrogen-bond donors (Lipinski definition) is 2. The molecular weight excluding hydrogens is 338 g/mol. The van der Waals surface area contributed by atoms with Crippen LogP contribution in [0.1, 0.15) is 40.5 Å². The van der Waals surface area contributed by atoms with Crippen molar-refractivity contribution in [2.24, 2.45) is 0 Å². The molecule has 8 nitrogen and oxygen atoms in total. The summed E-state index contributed by atoms with van der Waals surface area (Å²) in [5, 5.41) is 10.7. The molecule has 0 radical (unpaired) electrons. The summed E-state index contributed by atoms with van der Waals surface area (Å²) < 4.78 is 5.51. The van der Waals surface area contributed by atoms with Gasteiger partial charge in [-0.2, -0.15) is 0 Å². The molecule has 0 aliphatic rings. The molecule has 0 heterocycles. The molecule has 8 heteroatoms. The summed E-state index contributed by atoms with van der Waals surface area (Å²) >= 11 is 0. The van der Waals surface area contributed by atoms with E-state index in [0.717, 1.165) is 18.9 Å². The van der Waals surface area contributed by atoms with E-state index >= 15 is 0 Å². The van der Waals surface area contributed by atoms with Crippen LogP contribution >= 0.6 is 0 Å². The molecule has 26 heavy (non-hydrogen) atoms. The van der Waals surface area contributed by atoms with Crippen molar-refractivity contribution in [1.29, 1.82) is 0 Å². The summed E-state index contributed by atoms with van der Waals surface area (Å²) in [5.74, 6) is -0.499. The zero-order valence-corrected chi connectivity index (χ0v) is 14.2. The van der Waals surface area contributed by atoms with E-state index in [1.807, 2.05) is 0 Å². The lowest BCUT2D eigenvalue weighted by atomic mass is 10.2. The van der Waals surface area contributed by atoms with Crippen LogP contribution in [0.4, 0.5) is 5.69 Å². The smallest absolute Gasteiger partial charge is 0.270 e. The topological polar surface area (TPSA) is 111 Å². The fourth-order valence-electron chi connectivity index (χ4n) is 2.06. The number of hydrogen-bond acceptors (Lipinski definition) is 5. The first-order valence-electron chi connectivity index (χ1n) is 8.09. The maximum Gasteiger partial charge on any atom is 0.270 e. The molecule has 0 aliphatic heterocycles. The molecule has 0 atom stereocenters. The second-order valence-corrected chi connectivity index (χ2v) is 5.44. The van der Waals surface area contributed by atoms with Crippen molar-refractivity contribution in [3.63, 3.8) is 0 Å². The standard InChI is InChI=1S/C18H19N3O5/c1-2-3-11-26-16-9-7-13(8-10-16)17(22)19-20-18(23)14-5-4-6-15(12-14)21(24)25/h4-10,12H,2-3,11H2,1H3,(H,19,22)(H,20,23). The highest BCUT2D eigenvalue weighted by molar-refractivity contribution is 5.99. The molecule has 0 aromatic heterocycles. The quantitative estimate of drug-likeness (QED) is 0.450. The van der Waals surface area contributed by atoms with Gasteiger partial charge in [0, 0.05) is 23.3 Å². The first kappa shape index (κ1) is 18.9. The molecule has 0 saturated heterocycles. The number of nitrogens with one attached hydrogen (secondary N) is 2. The number of carbonyl (C=O) groups is 2. The number of amides is 2. The Hall–Kier alpha value is -3.42. The molecule has 0 spiro atoms. The Kier molecular flexibility index (Phi) is 6.67. The van der Waals surface area contributed by atoms with Crippen LogP contribution in [0.2, 0.25) is 0 Å². The fraction of sp³-hybridized carbons (Fsp3) is 0.222. The third-order valence-corrected chi connectivity index (χ3v) is 3.49. The number of ether oxygens (including phenoxy) is 1. The summed E-state index contributed by atoms with van der Waals surface area (Å²) in [6.07, 6.45) is 1.98. The van der Waals surface area contributed by atoms with E-state index in [-0.39, 0.29) is 11.3 Å². The predicted molar refractivity (Wildman–Crippen MR) is 94.9 cm³/mol. The van der Waals surface area contributed by atoms with Crippen LogP contribution < -0.4 is 15.6 Å². The molecule has 136 valence electrons. The number of nitro groups is 1. The molecule has 2 rings (SSSR count). The van der Waals surface area contributed by atoms with Crippen molar-refractivity contribution in [2.75, 3.05) is 6.61 Å². The first-order valence-corrected chi connectivity index (χ1v) is 8.09. The Morgan fingerprint density at radius 3 is 2.31 bits per heavy atom. The van der Waals surface area contributed by atoms with Gasteiger partial charge in [-0.1, -0.05) is 19.4 Å². The SMILES string of the molecule is CCCCOc1ccc(C(=O)NNC(=O)c2cccc([N+](=O)[O-])c2)cc1. The van der Waals surface area contributed by atoms with Gasteiger partial charge in [-0.15, -0.1) is 0 Å². The number of unbranched alkanes of at least 4 members (excludes halogenated alkanes) is 1. The maximum atomic E-state index is 12.1. The van der Waals surface area contributed by atoms with Crippen LogP contribution in [-0.4, -0.2) is 23.3 Å². The Labute approximate surface area is 150 Å². The van der Waals surface area contributed by atoms with Crippen molar-refractivity contribution in [2.45, 2.75) is 19.8 Å². The molecule has 0 saturated carbocycles. The largest absolute Gasteiger partial charge is 0.494 e. The highest BCUT2D eigenvalue weighted by Gasteiger charge is 2.13. The molecule has 2 aromatic carbocycles. The van der Waals surface area contributed by atoms with Gasteiger partial charge in [0.1, 0.15) is 5.75 Å². The Balaban J connectivity index is 1.90. The first-order chi connectivity index (χ1) is 12.5. The summed E-state index contributed by atoms with van der Waals surface area (Å²) in [7, 11) is 0. The Morgan fingerprint density at radius 1 is 1.04 bits per heavy atom. The van der Waals surface area contributed by atoms with Crippen LogP contribution in [0.3, 0.4) is 0 Å². The number of rotatable bonds is 7. The average molecular weight is 357 g/mol. The maximum absolute atomic E-state index is 12.1. The predicted octanol–water partition coefficient (Wildman–Crippen LogP) is 2.85. The van der Waals surface area contributed by atoms with Gasteiger partial charge in [0.2, 0.25) is 0 Å². The van der Waals surface area contributed by atoms with Crippen molar-refractivity contribution in [1.82, 2.24) is 10.9 Å². The average Bonchev–Trinajstić information content (AvgIpc) is 2.66. The van der Waals surface area contributed by atoms with Crippen LogP contribution in [-0.2, 0) is 0 Å². The normalized spacial score (nSPS) is 10.0. The van der Waals surface area contributed by atoms with Crippen molar-refractivity contribution in [3.05, 3.63) is 69.8 Å². The van der Waals surface area contributed by atoms with Crippen molar-refractivity contribution in [3.8, 4) is 5.75 Å². The lowest BCUT2D eigenvalue weighted by Crippen LogP contribution is -2.41. The molecule has 0 fully saturated rings. The van der Waals surface area contributed by atoms with Gasteiger partial charge in [-0.25, -0.2) is 0 Å². The van der Waals surface area contributed by atoms with Crippen LogP contribution in [0.5, 0.6) is 5.75 Å². The number of benzene rings is 2. The van der Waals surface area contributed by atoms with Gasteiger partial charge in [0.05, 0.1) is 11.5 Å². The molecule has 2 aromatic rings. The van der Waals surface area contributed by atoms with Crippen LogP contribution in [0, 0.1) is 10.1 Å². The lowest BCUT2D eigenvalue weighted by Gasteiger charge is -2.09. The Bertz CT molecular complexity index is 790. The van der Waals surface area contributed by atoms with E-state index in [1.54, 1.807) is 24.3 Å². The van der Waals surface area contributed by atoms with Gasteiger partial charge in [-0.05, 0) is 36.8 Å². The minimum Gasteiger partial charge on any atom is -0.494 e. The minimum atomic E-state index is -0.651. The van der Waals surface area contributed by atoms with E-state index in [2.05, 4.69) is 17.8 Å². The molecule has 0 bridgehead atoms. The van der Waals surface area contributed by atoms with E-state index in [4.69, 9.17) is 4.74 Å². The second-order valence-electron chi connectivity index (χ2n) is 5.44. The summed E-state index contributed by atoms with van der Waals surface area (Å²) in [4.78, 5) is 34.2. The minimum absolute atomic E-state index is 0.0687. The third kappa shape index (κ3) is 5.30. The molecular formula is C18H19N3O5. The number of nitrogens with zero attached hydrogens (tertiary/aromatic N) is 1. The zero-order chi connectivity index (χ0) is 18.9. The number of carbonyl (C=O) groups excluding carboxylic acids is 2. The van der Waals surface area contributed by atoms with Gasteiger partial charge in [-0.3, -0.25) is 30.6 Å². The van der Waals surface area contributed by atoms with Gasteiger partial charge in [0.15, 0.2) is 0 Å². The van der Waals surface area contributed by atoms with Gasteiger partial charge < -0.3 is 4.74 Å². The van der Waals surface area contributed by atoms with E-state index in [1.165, 1.54) is 18.2 Å². The van der Waals surface area contributed by atoms with Crippen molar-refractivity contribution >= 4 is 17.5 Å². The molecule has 2 amide bonds. The van der Waals surface area contributed by atoms with Crippen LogP contribution in [0.15, 0.2) is 48.5 Å². The second kappa shape index (κ2) is 9.16. The highest BCUT2D eigenvalue weighted by atomic mass is 16.6. The fourth-order valence-corrected chi connectivity index (χ4v) is 2.06. The number of nitro benzene ring substituents is 1. The molecule has 2 N–H and O–H groups in total. The summed E-state index contributed by atoms with van der Waals surface area (Å²) in [6.45, 7) is 2.68. The van der Waals surface area contributed by atoms with E-state index < -0.39 is 16.7 Å².